The molecule has 0 radical (unpaired) electrons. The second-order valence-corrected chi connectivity index (χ2v) is 18.7. The second-order valence-electron chi connectivity index (χ2n) is 18.7. The van der Waals surface area contributed by atoms with E-state index in [-0.39, 0.29) is 101 Å². The van der Waals surface area contributed by atoms with Crippen LogP contribution in [-0.4, -0.2) is 23.6 Å². The summed E-state index contributed by atoms with van der Waals surface area (Å²) < 4.78 is 87.8. The van der Waals surface area contributed by atoms with Crippen molar-refractivity contribution in [1.29, 1.82) is 0 Å². The summed E-state index contributed by atoms with van der Waals surface area (Å²) in [5.74, 6) is -4.52. The highest BCUT2D eigenvalue weighted by atomic mass is 19.4. The highest BCUT2D eigenvalue weighted by molar-refractivity contribution is 6.45. The average Bonchev–Trinajstić information content (AvgIpc) is 3.23. The number of para-hydroxylation sites is 2. The number of hydrogen-bond donors (Lipinski definition) is 0. The van der Waals surface area contributed by atoms with Crippen molar-refractivity contribution < 1.29 is 45.5 Å². The quantitative estimate of drug-likeness (QED) is 0.113. The first-order valence-corrected chi connectivity index (χ1v) is 21.9. The van der Waals surface area contributed by atoms with Crippen molar-refractivity contribution in [3.8, 4) is 22.3 Å². The van der Waals surface area contributed by atoms with E-state index in [1.807, 2.05) is 67.5 Å². The molecule has 340 valence electrons. The Morgan fingerprint density at radius 1 is 0.409 bits per heavy atom. The Morgan fingerprint density at radius 3 is 0.985 bits per heavy atom. The third-order valence-electron chi connectivity index (χ3n) is 12.7. The van der Waals surface area contributed by atoms with Crippen LogP contribution in [0.5, 0.6) is 0 Å². The van der Waals surface area contributed by atoms with E-state index in [9.17, 15) is 26.3 Å². The number of carbonyl (C=O) groups excluding carboxylic acids is 4. The van der Waals surface area contributed by atoms with E-state index >= 15 is 19.2 Å². The number of halogens is 6. The monoisotopic (exact) mass is 902 g/mol. The minimum Gasteiger partial charge on any atom is -0.268 e. The van der Waals surface area contributed by atoms with Crippen LogP contribution in [0.3, 0.4) is 0 Å². The van der Waals surface area contributed by atoms with E-state index in [0.717, 1.165) is 34.1 Å². The molecule has 0 bridgehead atoms. The maximum absolute atomic E-state index is 15.7. The molecule has 6 aromatic rings. The fourth-order valence-corrected chi connectivity index (χ4v) is 9.67. The number of carbonyl (C=O) groups is 4. The number of rotatable bonds is 8. The van der Waals surface area contributed by atoms with E-state index < -0.39 is 47.1 Å². The van der Waals surface area contributed by atoms with Gasteiger partial charge in [-0.2, -0.15) is 26.3 Å². The lowest BCUT2D eigenvalue weighted by Crippen LogP contribution is -2.45. The molecule has 0 unspecified atom stereocenters. The van der Waals surface area contributed by atoms with Gasteiger partial charge < -0.3 is 0 Å². The largest absolute Gasteiger partial charge is 0.416 e. The summed E-state index contributed by atoms with van der Waals surface area (Å²) >= 11 is 0. The number of alkyl halides is 6. The van der Waals surface area contributed by atoms with E-state index in [0.29, 0.717) is 22.3 Å². The summed E-state index contributed by atoms with van der Waals surface area (Å²) in [6.07, 6.45) is -9.64. The van der Waals surface area contributed by atoms with Crippen molar-refractivity contribution in [2.75, 3.05) is 9.80 Å². The lowest BCUT2D eigenvalue weighted by atomic mass is 9.77. The zero-order valence-corrected chi connectivity index (χ0v) is 38.2. The molecule has 0 N–H and O–H groups in total. The SMILES string of the molecule is Cc1cc(-c2cc3c4c(c(-c5cc(C)cc(C(F)(F)F)c5)cc5c4c2C(=O)N(c2c(C(C)C)cccc2C(C)C)C5=O)C(=O)N(c2c(C(C)C)cccc2C(C)C)C3=O)cc(C(F)(F)F)c1. The van der Waals surface area contributed by atoms with Crippen LogP contribution in [0.1, 0.15) is 165 Å². The molecule has 8 rings (SSSR count). The van der Waals surface area contributed by atoms with Crippen LogP contribution in [0.15, 0.2) is 84.9 Å². The molecule has 2 aliphatic heterocycles. The van der Waals surface area contributed by atoms with Crippen molar-refractivity contribution >= 4 is 45.8 Å². The number of hydrogen-bond acceptors (Lipinski definition) is 4. The number of nitrogens with zero attached hydrogens (tertiary/aromatic N) is 2. The fraction of sp³-hybridized carbons (Fsp3) is 0.296. The smallest absolute Gasteiger partial charge is 0.268 e. The average molecular weight is 903 g/mol. The van der Waals surface area contributed by atoms with Crippen LogP contribution in [-0.2, 0) is 12.4 Å². The molecule has 0 aromatic heterocycles. The first-order chi connectivity index (χ1) is 30.8. The lowest BCUT2D eigenvalue weighted by Gasteiger charge is -2.37. The summed E-state index contributed by atoms with van der Waals surface area (Å²) in [5, 5.41) is -0.302. The molecule has 2 aliphatic rings. The van der Waals surface area contributed by atoms with Gasteiger partial charge in [-0.25, -0.2) is 9.80 Å². The molecule has 2 heterocycles. The van der Waals surface area contributed by atoms with Gasteiger partial charge in [-0.05, 0) is 130 Å². The molecule has 0 fully saturated rings. The van der Waals surface area contributed by atoms with Crippen LogP contribution < -0.4 is 9.80 Å². The number of imide groups is 2. The first kappa shape index (κ1) is 46.0. The van der Waals surface area contributed by atoms with E-state index in [2.05, 4.69) is 0 Å². The Bertz CT molecular complexity index is 2830. The molecule has 0 aliphatic carbocycles. The highest BCUT2D eigenvalue weighted by Crippen LogP contribution is 2.51. The first-order valence-electron chi connectivity index (χ1n) is 21.9. The Morgan fingerprint density at radius 2 is 0.712 bits per heavy atom. The zero-order chi connectivity index (χ0) is 48.2. The number of benzene rings is 6. The van der Waals surface area contributed by atoms with Gasteiger partial charge in [0.15, 0.2) is 0 Å². The van der Waals surface area contributed by atoms with Crippen LogP contribution in [0.2, 0.25) is 0 Å². The lowest BCUT2D eigenvalue weighted by molar-refractivity contribution is -0.138. The molecule has 66 heavy (non-hydrogen) atoms. The van der Waals surface area contributed by atoms with Crippen molar-refractivity contribution in [3.05, 3.63) is 152 Å². The van der Waals surface area contributed by atoms with Crippen LogP contribution in [0.25, 0.3) is 33.0 Å². The van der Waals surface area contributed by atoms with Gasteiger partial charge in [0.2, 0.25) is 0 Å². The molecule has 6 aromatic carbocycles. The highest BCUT2D eigenvalue weighted by Gasteiger charge is 2.46. The van der Waals surface area contributed by atoms with Gasteiger partial charge >= 0.3 is 12.4 Å². The summed E-state index contributed by atoms with van der Waals surface area (Å²) in [4.78, 5) is 64.4. The van der Waals surface area contributed by atoms with Crippen molar-refractivity contribution in [2.45, 2.75) is 105 Å². The molecule has 6 nitrogen and oxygen atoms in total. The Kier molecular flexibility index (Phi) is 11.2. The van der Waals surface area contributed by atoms with Crippen molar-refractivity contribution in [2.24, 2.45) is 0 Å². The summed E-state index contributed by atoms with van der Waals surface area (Å²) in [7, 11) is 0. The number of anilines is 2. The van der Waals surface area contributed by atoms with Gasteiger partial charge in [-0.1, -0.05) is 104 Å². The normalized spacial score (nSPS) is 14.4. The summed E-state index contributed by atoms with van der Waals surface area (Å²) in [6, 6.07) is 19.9. The molecule has 12 heteroatoms. The third kappa shape index (κ3) is 7.38. The second kappa shape index (κ2) is 16.1. The number of aryl methyl sites for hydroxylation is 2. The van der Waals surface area contributed by atoms with Crippen LogP contribution in [0, 0.1) is 13.8 Å². The summed E-state index contributed by atoms with van der Waals surface area (Å²) in [5.41, 5.74) is 0.106. The molecule has 0 spiro atoms. The Labute approximate surface area is 379 Å². The van der Waals surface area contributed by atoms with Gasteiger partial charge in [0, 0.05) is 21.9 Å². The van der Waals surface area contributed by atoms with Crippen molar-refractivity contribution in [1.82, 2.24) is 0 Å². The van der Waals surface area contributed by atoms with Gasteiger partial charge in [0.25, 0.3) is 23.6 Å². The molecule has 0 saturated heterocycles. The minimum atomic E-state index is -4.82. The number of amides is 4. The van der Waals surface area contributed by atoms with Crippen molar-refractivity contribution in [3.63, 3.8) is 0 Å². The third-order valence-corrected chi connectivity index (χ3v) is 12.7. The Hall–Kier alpha value is -6.56. The summed E-state index contributed by atoms with van der Waals surface area (Å²) in [6.45, 7) is 18.0. The topological polar surface area (TPSA) is 74.8 Å². The molecular formula is C54H48F6N2O4. The maximum Gasteiger partial charge on any atom is 0.416 e. The molecule has 0 atom stereocenters. The van der Waals surface area contributed by atoms with Gasteiger partial charge in [0.05, 0.1) is 33.6 Å². The predicted octanol–water partition coefficient (Wildman–Crippen LogP) is 14.9. The van der Waals surface area contributed by atoms with Crippen LogP contribution in [0.4, 0.5) is 37.7 Å². The standard InChI is InChI=1S/C54H48F6N2O4/c1-25(2)35-13-11-14-36(26(3)4)47(35)61-49(63)41-23-40(32-18-30(10)20-34(22-32)54(58,59)60)46-44-42(50(64)62(52(46)66)48-37(27(5)6)15-12-16-38(48)28(7)8)24-39(45(43(41)44)51(61)65)31-17-29(9)19-33(21-31)53(55,56)57/h11-28H,1-10H3. The van der Waals surface area contributed by atoms with E-state index in [1.54, 1.807) is 24.3 Å². The minimum absolute atomic E-state index is 0.0777. The Balaban J connectivity index is 1.61. The maximum atomic E-state index is 15.7. The fourth-order valence-electron chi connectivity index (χ4n) is 9.67. The zero-order valence-electron chi connectivity index (χ0n) is 38.2. The predicted molar refractivity (Wildman–Crippen MR) is 246 cm³/mol. The molecule has 4 amide bonds. The van der Waals surface area contributed by atoms with E-state index in [1.165, 1.54) is 38.1 Å². The van der Waals surface area contributed by atoms with E-state index in [4.69, 9.17) is 0 Å². The van der Waals surface area contributed by atoms with Gasteiger partial charge in [-0.15, -0.1) is 0 Å². The van der Waals surface area contributed by atoms with Crippen LogP contribution >= 0.6 is 0 Å². The molecular weight excluding hydrogens is 855 g/mol. The van der Waals surface area contributed by atoms with Gasteiger partial charge in [-0.3, -0.25) is 19.2 Å². The molecule has 0 saturated carbocycles. The van der Waals surface area contributed by atoms with Gasteiger partial charge in [0.1, 0.15) is 0 Å².